The highest BCUT2D eigenvalue weighted by Gasteiger charge is 2.29. The van der Waals surface area contributed by atoms with Gasteiger partial charge in [-0.1, -0.05) is 39.0 Å². The van der Waals surface area contributed by atoms with E-state index in [0.717, 1.165) is 23.9 Å². The van der Waals surface area contributed by atoms with Crippen LogP contribution in [0.25, 0.3) is 0 Å². The maximum atomic E-state index is 9.93. The molecule has 1 aromatic carbocycles. The van der Waals surface area contributed by atoms with Crippen molar-refractivity contribution in [1.82, 2.24) is 0 Å². The standard InChI is InChI=1S/C15H26O3Si/c1-4-19(5-2,6-3)18-13-14(16)12-17-15-10-8-7-9-11-15/h7-11,14,16H,4-6,12-13H2,1-3H3/t14-/m1/s1. The van der Waals surface area contributed by atoms with Gasteiger partial charge in [0.1, 0.15) is 18.5 Å². The van der Waals surface area contributed by atoms with Gasteiger partial charge in [-0.3, -0.25) is 0 Å². The first kappa shape index (κ1) is 16.2. The molecule has 0 fully saturated rings. The van der Waals surface area contributed by atoms with E-state index >= 15 is 0 Å². The van der Waals surface area contributed by atoms with Gasteiger partial charge in [0.2, 0.25) is 0 Å². The molecule has 0 unspecified atom stereocenters. The van der Waals surface area contributed by atoms with E-state index in [1.54, 1.807) is 0 Å². The van der Waals surface area contributed by atoms with E-state index in [9.17, 15) is 5.11 Å². The summed E-state index contributed by atoms with van der Waals surface area (Å²) < 4.78 is 11.6. The first-order chi connectivity index (χ1) is 9.15. The van der Waals surface area contributed by atoms with Crippen LogP contribution in [0.4, 0.5) is 0 Å². The number of aliphatic hydroxyl groups excluding tert-OH is 1. The van der Waals surface area contributed by atoms with Crippen LogP contribution >= 0.6 is 0 Å². The normalized spacial score (nSPS) is 13.3. The number of hydrogen-bond acceptors (Lipinski definition) is 3. The van der Waals surface area contributed by atoms with Crippen molar-refractivity contribution in [2.24, 2.45) is 0 Å². The fraction of sp³-hybridized carbons (Fsp3) is 0.600. The highest BCUT2D eigenvalue weighted by atomic mass is 28.4. The van der Waals surface area contributed by atoms with Crippen LogP contribution in [0.15, 0.2) is 30.3 Å². The molecule has 108 valence electrons. The smallest absolute Gasteiger partial charge is 0.192 e. The lowest BCUT2D eigenvalue weighted by molar-refractivity contribution is 0.0585. The minimum Gasteiger partial charge on any atom is -0.491 e. The van der Waals surface area contributed by atoms with Gasteiger partial charge in [-0.15, -0.1) is 0 Å². The van der Waals surface area contributed by atoms with Crippen molar-refractivity contribution < 1.29 is 14.3 Å². The zero-order chi connectivity index (χ0) is 14.1. The molecule has 0 aliphatic rings. The third-order valence-electron chi connectivity index (χ3n) is 3.70. The van der Waals surface area contributed by atoms with Crippen molar-refractivity contribution in [2.45, 2.75) is 45.0 Å². The SMILES string of the molecule is CC[Si](CC)(CC)OC[C@H](O)COc1ccccc1. The molecular formula is C15H26O3Si. The molecule has 0 spiro atoms. The Labute approximate surface area is 117 Å². The molecule has 1 N–H and O–H groups in total. The number of hydrogen-bond donors (Lipinski definition) is 1. The zero-order valence-electron chi connectivity index (χ0n) is 12.3. The lowest BCUT2D eigenvalue weighted by Gasteiger charge is -2.29. The van der Waals surface area contributed by atoms with Gasteiger partial charge in [-0.05, 0) is 30.3 Å². The first-order valence-corrected chi connectivity index (χ1v) is 9.68. The van der Waals surface area contributed by atoms with E-state index in [2.05, 4.69) is 20.8 Å². The Morgan fingerprint density at radius 2 is 1.58 bits per heavy atom. The molecule has 1 rings (SSSR count). The molecule has 1 atom stereocenters. The minimum absolute atomic E-state index is 0.283. The summed E-state index contributed by atoms with van der Waals surface area (Å²) in [6, 6.07) is 12.9. The molecule has 0 aliphatic carbocycles. The molecule has 4 heteroatoms. The van der Waals surface area contributed by atoms with Crippen LogP contribution in [0, 0.1) is 0 Å². The molecular weight excluding hydrogens is 256 g/mol. The second-order valence-electron chi connectivity index (χ2n) is 4.83. The second-order valence-corrected chi connectivity index (χ2v) is 9.61. The van der Waals surface area contributed by atoms with Crippen molar-refractivity contribution in [3.63, 3.8) is 0 Å². The van der Waals surface area contributed by atoms with Crippen LogP contribution in [0.2, 0.25) is 18.1 Å². The van der Waals surface area contributed by atoms with Crippen molar-refractivity contribution in [1.29, 1.82) is 0 Å². The molecule has 0 heterocycles. The number of aliphatic hydroxyl groups is 1. The van der Waals surface area contributed by atoms with Crippen molar-refractivity contribution in [2.75, 3.05) is 13.2 Å². The fourth-order valence-electron chi connectivity index (χ4n) is 2.09. The van der Waals surface area contributed by atoms with Gasteiger partial charge in [0.15, 0.2) is 8.32 Å². The molecule has 0 saturated carbocycles. The summed E-state index contributed by atoms with van der Waals surface area (Å²) in [5.74, 6) is 0.784. The number of para-hydroxylation sites is 1. The lowest BCUT2D eigenvalue weighted by Crippen LogP contribution is -2.39. The van der Waals surface area contributed by atoms with E-state index in [-0.39, 0.29) is 6.61 Å². The average Bonchev–Trinajstić information content (AvgIpc) is 2.48. The third kappa shape index (κ3) is 5.34. The highest BCUT2D eigenvalue weighted by molar-refractivity contribution is 6.73. The highest BCUT2D eigenvalue weighted by Crippen LogP contribution is 2.21. The average molecular weight is 282 g/mol. The molecule has 0 radical (unpaired) electrons. The van der Waals surface area contributed by atoms with Crippen LogP contribution in [-0.4, -0.2) is 32.7 Å². The Morgan fingerprint density at radius 1 is 1.00 bits per heavy atom. The molecule has 0 aromatic heterocycles. The van der Waals surface area contributed by atoms with Crippen LogP contribution in [-0.2, 0) is 4.43 Å². The van der Waals surface area contributed by atoms with E-state index in [0.29, 0.717) is 6.61 Å². The Morgan fingerprint density at radius 3 is 2.11 bits per heavy atom. The van der Waals surface area contributed by atoms with Gasteiger partial charge in [-0.25, -0.2) is 0 Å². The van der Waals surface area contributed by atoms with Crippen molar-refractivity contribution in [3.05, 3.63) is 30.3 Å². The van der Waals surface area contributed by atoms with E-state index < -0.39 is 14.4 Å². The fourth-order valence-corrected chi connectivity index (χ4v) is 4.74. The van der Waals surface area contributed by atoms with Gasteiger partial charge in [0.25, 0.3) is 0 Å². The first-order valence-electron chi connectivity index (χ1n) is 7.15. The molecule has 19 heavy (non-hydrogen) atoms. The number of benzene rings is 1. The zero-order valence-corrected chi connectivity index (χ0v) is 13.3. The predicted octanol–water partition coefficient (Wildman–Crippen LogP) is 3.45. The summed E-state index contributed by atoms with van der Waals surface area (Å²) >= 11 is 0. The Hall–Kier alpha value is -0.843. The molecule has 0 aliphatic heterocycles. The Bertz CT molecular complexity index is 330. The van der Waals surface area contributed by atoms with Gasteiger partial charge in [-0.2, -0.15) is 0 Å². The van der Waals surface area contributed by atoms with E-state index in [1.165, 1.54) is 0 Å². The minimum atomic E-state index is -1.60. The summed E-state index contributed by atoms with van der Waals surface area (Å²) in [5.41, 5.74) is 0. The Balaban J connectivity index is 2.33. The third-order valence-corrected chi connectivity index (χ3v) is 8.35. The van der Waals surface area contributed by atoms with Gasteiger partial charge in [0, 0.05) is 0 Å². The molecule has 1 aromatic rings. The van der Waals surface area contributed by atoms with Crippen LogP contribution in [0.3, 0.4) is 0 Å². The van der Waals surface area contributed by atoms with Gasteiger partial charge in [0.05, 0.1) is 6.61 Å². The van der Waals surface area contributed by atoms with Crippen LogP contribution < -0.4 is 4.74 Å². The summed E-state index contributed by atoms with van der Waals surface area (Å²) in [7, 11) is -1.60. The maximum Gasteiger partial charge on any atom is 0.192 e. The Kier molecular flexibility index (Phi) is 7.13. The van der Waals surface area contributed by atoms with Crippen LogP contribution in [0.1, 0.15) is 20.8 Å². The number of rotatable bonds is 9. The lowest BCUT2D eigenvalue weighted by atomic mass is 10.3. The van der Waals surface area contributed by atoms with Gasteiger partial charge >= 0.3 is 0 Å². The van der Waals surface area contributed by atoms with E-state index in [4.69, 9.17) is 9.16 Å². The predicted molar refractivity (Wildman–Crippen MR) is 81.1 cm³/mol. The summed E-state index contributed by atoms with van der Waals surface area (Å²) in [6.07, 6.45) is -0.559. The van der Waals surface area contributed by atoms with Crippen molar-refractivity contribution >= 4 is 8.32 Å². The monoisotopic (exact) mass is 282 g/mol. The molecule has 0 bridgehead atoms. The summed E-state index contributed by atoms with van der Waals surface area (Å²) in [5, 5.41) is 9.93. The van der Waals surface area contributed by atoms with Crippen LogP contribution in [0.5, 0.6) is 5.75 Å². The topological polar surface area (TPSA) is 38.7 Å². The quantitative estimate of drug-likeness (QED) is 0.705. The molecule has 3 nitrogen and oxygen atoms in total. The summed E-state index contributed by atoms with van der Waals surface area (Å²) in [4.78, 5) is 0. The van der Waals surface area contributed by atoms with E-state index in [1.807, 2.05) is 30.3 Å². The van der Waals surface area contributed by atoms with Gasteiger partial charge < -0.3 is 14.3 Å². The maximum absolute atomic E-state index is 9.93. The second kappa shape index (κ2) is 8.35. The van der Waals surface area contributed by atoms with Crippen molar-refractivity contribution in [3.8, 4) is 5.75 Å². The summed E-state index contributed by atoms with van der Waals surface area (Å²) in [6.45, 7) is 7.23. The largest absolute Gasteiger partial charge is 0.491 e. The molecule has 0 saturated heterocycles. The molecule has 0 amide bonds. The number of ether oxygens (including phenoxy) is 1.